The van der Waals surface area contributed by atoms with Crippen molar-refractivity contribution in [2.75, 3.05) is 32.7 Å². The van der Waals surface area contributed by atoms with Gasteiger partial charge >= 0.3 is 7.60 Å². The van der Waals surface area contributed by atoms with E-state index in [-0.39, 0.29) is 32.3 Å². The molecule has 0 aliphatic carbocycles. The van der Waals surface area contributed by atoms with Crippen molar-refractivity contribution in [2.45, 2.75) is 45.4 Å². The smallest absolute Gasteiger partial charge is 0.339 e. The molecule has 0 aliphatic heterocycles. The molecule has 29 heavy (non-hydrogen) atoms. The van der Waals surface area contributed by atoms with Crippen molar-refractivity contribution in [3.63, 3.8) is 0 Å². The monoisotopic (exact) mass is 434 g/mol. The molecule has 0 bridgehead atoms. The molecule has 168 valence electrons. The highest BCUT2D eigenvalue weighted by molar-refractivity contribution is 7.51. The van der Waals surface area contributed by atoms with Gasteiger partial charge in [-0.1, -0.05) is 24.6 Å². The van der Waals surface area contributed by atoms with Crippen molar-refractivity contribution in [3.05, 3.63) is 29.3 Å². The van der Waals surface area contributed by atoms with Gasteiger partial charge in [0.15, 0.2) is 0 Å². The molecule has 1 aromatic carbocycles. The number of rotatable bonds is 15. The second-order valence-corrected chi connectivity index (χ2v) is 8.64. The third-order valence-corrected chi connectivity index (χ3v) is 5.57. The Balaban J connectivity index is 3.22. The summed E-state index contributed by atoms with van der Waals surface area (Å²) in [4.78, 5) is 20.7. The largest absolute Gasteiger partial charge is 0.493 e. The number of benzene rings is 1. The van der Waals surface area contributed by atoms with E-state index in [9.17, 15) is 29.7 Å². The highest BCUT2D eigenvalue weighted by Gasteiger charge is 2.31. The molecule has 0 amide bonds. The van der Waals surface area contributed by atoms with Crippen LogP contribution in [0.1, 0.15) is 37.3 Å². The summed E-state index contributed by atoms with van der Waals surface area (Å²) in [6.45, 7) is 1.96. The van der Waals surface area contributed by atoms with E-state index in [1.54, 1.807) is 25.1 Å². The van der Waals surface area contributed by atoms with Gasteiger partial charge in [0, 0.05) is 30.3 Å². The van der Waals surface area contributed by atoms with Crippen LogP contribution in [0, 0.1) is 5.92 Å². The summed E-state index contributed by atoms with van der Waals surface area (Å²) in [7, 11) is -4.43. The molecule has 0 aliphatic rings. The number of hydrogen-bond donors (Lipinski definition) is 6. The third-order valence-electron chi connectivity index (χ3n) is 4.84. The minimum Gasteiger partial charge on any atom is -0.493 e. The van der Waals surface area contributed by atoms with Crippen LogP contribution in [-0.4, -0.2) is 68.7 Å². The van der Waals surface area contributed by atoms with Gasteiger partial charge in [0.1, 0.15) is 12.0 Å². The fourth-order valence-electron chi connectivity index (χ4n) is 3.46. The summed E-state index contributed by atoms with van der Waals surface area (Å²) in [5, 5.41) is 29.4. The van der Waals surface area contributed by atoms with E-state index in [4.69, 9.17) is 10.5 Å². The van der Waals surface area contributed by atoms with Crippen LogP contribution in [0.25, 0.3) is 0 Å². The van der Waals surface area contributed by atoms with Gasteiger partial charge in [-0.05, 0) is 32.2 Å². The lowest BCUT2D eigenvalue weighted by Gasteiger charge is -2.36. The summed E-state index contributed by atoms with van der Waals surface area (Å²) >= 11 is 0. The predicted octanol–water partition coefficient (Wildman–Crippen LogP) is 0.613. The van der Waals surface area contributed by atoms with Gasteiger partial charge in [-0.25, -0.2) is 0 Å². The highest BCUT2D eigenvalue weighted by Crippen LogP contribution is 2.38. The van der Waals surface area contributed by atoms with Crippen LogP contribution in [0.4, 0.5) is 0 Å². The summed E-state index contributed by atoms with van der Waals surface area (Å²) in [6.07, 6.45) is 1.51. The normalized spacial score (nSPS) is 14.2. The van der Waals surface area contributed by atoms with Crippen molar-refractivity contribution < 1.29 is 34.4 Å². The number of aliphatic hydroxyl groups is 3. The Bertz CT molecular complexity index is 641. The molecule has 2 unspecified atom stereocenters. The van der Waals surface area contributed by atoms with Crippen LogP contribution < -0.4 is 10.5 Å². The van der Waals surface area contributed by atoms with Gasteiger partial charge in [0.05, 0.1) is 19.8 Å². The molecule has 0 spiro atoms. The first-order valence-corrected chi connectivity index (χ1v) is 11.7. The molecule has 0 heterocycles. The molecular weight excluding hydrogens is 399 g/mol. The maximum Gasteiger partial charge on any atom is 0.339 e. The Morgan fingerprint density at radius 1 is 1.14 bits per heavy atom. The first kappa shape index (κ1) is 26.0. The SMILES string of the molecule is CCOc1c(CO)cccc1CN(CP(=O)(O)O)C(CO)C(CO)CCCCN. The molecule has 0 saturated carbocycles. The second-order valence-electron chi connectivity index (χ2n) is 7.03. The van der Waals surface area contributed by atoms with Crippen molar-refractivity contribution in [3.8, 4) is 5.75 Å². The van der Waals surface area contributed by atoms with E-state index in [0.29, 0.717) is 36.4 Å². The molecule has 10 heteroatoms. The molecule has 2 atom stereocenters. The van der Waals surface area contributed by atoms with E-state index in [1.165, 1.54) is 4.90 Å². The molecular formula is C19H35N2O7P. The van der Waals surface area contributed by atoms with Crippen LogP contribution >= 0.6 is 7.60 Å². The number of nitrogens with zero attached hydrogens (tertiary/aromatic N) is 1. The minimum atomic E-state index is -4.43. The Hall–Kier alpha value is -1.03. The number of aliphatic hydroxyl groups excluding tert-OH is 3. The fraction of sp³-hybridized carbons (Fsp3) is 0.684. The number of para-hydroxylation sites is 1. The molecule has 1 rings (SSSR count). The number of hydrogen-bond acceptors (Lipinski definition) is 7. The van der Waals surface area contributed by atoms with Crippen molar-refractivity contribution in [1.82, 2.24) is 4.90 Å². The molecule has 9 nitrogen and oxygen atoms in total. The minimum absolute atomic E-state index is 0.0902. The van der Waals surface area contributed by atoms with Crippen LogP contribution in [0.2, 0.25) is 0 Å². The summed E-state index contributed by atoms with van der Waals surface area (Å²) in [5.74, 6) is 0.100. The van der Waals surface area contributed by atoms with E-state index < -0.39 is 19.9 Å². The van der Waals surface area contributed by atoms with Gasteiger partial charge in [0.2, 0.25) is 0 Å². The maximum atomic E-state index is 11.8. The maximum absolute atomic E-state index is 11.8. The summed E-state index contributed by atoms with van der Waals surface area (Å²) in [5.41, 5.74) is 6.74. The predicted molar refractivity (Wildman–Crippen MR) is 110 cm³/mol. The van der Waals surface area contributed by atoms with Crippen LogP contribution in [0.15, 0.2) is 18.2 Å². The quantitative estimate of drug-likeness (QED) is 0.172. The molecule has 0 aromatic heterocycles. The lowest BCUT2D eigenvalue weighted by atomic mass is 9.93. The Morgan fingerprint density at radius 2 is 1.83 bits per heavy atom. The average molecular weight is 434 g/mol. The van der Waals surface area contributed by atoms with Gasteiger partial charge in [-0.15, -0.1) is 0 Å². The number of nitrogens with two attached hydrogens (primary N) is 1. The van der Waals surface area contributed by atoms with Gasteiger partial charge in [0.25, 0.3) is 0 Å². The standard InChI is InChI=1S/C19H35N2O7P/c1-2-28-19-15(7-5-8-17(19)12-23)10-21(14-29(25,26)27)18(13-24)16(11-22)6-3-4-9-20/h5,7-8,16,18,22-24H,2-4,6,9-14,20H2,1H3,(H2,25,26,27). The zero-order valence-corrected chi connectivity index (χ0v) is 17.9. The van der Waals surface area contributed by atoms with E-state index in [1.807, 2.05) is 0 Å². The Kier molecular flexibility index (Phi) is 11.9. The molecule has 0 radical (unpaired) electrons. The van der Waals surface area contributed by atoms with Gasteiger partial charge in [-0.2, -0.15) is 0 Å². The van der Waals surface area contributed by atoms with Crippen molar-refractivity contribution in [1.29, 1.82) is 0 Å². The second kappa shape index (κ2) is 13.3. The third kappa shape index (κ3) is 8.70. The van der Waals surface area contributed by atoms with Gasteiger partial charge in [-0.3, -0.25) is 9.46 Å². The zero-order chi connectivity index (χ0) is 21.9. The number of unbranched alkanes of at least 4 members (excludes halogenated alkanes) is 1. The number of ether oxygens (including phenoxy) is 1. The lowest BCUT2D eigenvalue weighted by Crippen LogP contribution is -2.44. The van der Waals surface area contributed by atoms with Crippen molar-refractivity contribution in [2.24, 2.45) is 11.7 Å². The molecule has 0 saturated heterocycles. The molecule has 1 aromatic rings. The Morgan fingerprint density at radius 3 is 2.34 bits per heavy atom. The molecule has 0 fully saturated rings. The summed E-state index contributed by atoms with van der Waals surface area (Å²) < 4.78 is 17.4. The van der Waals surface area contributed by atoms with Crippen LogP contribution in [-0.2, 0) is 17.7 Å². The summed E-state index contributed by atoms with van der Waals surface area (Å²) in [6, 6.07) is 4.55. The topological polar surface area (TPSA) is 157 Å². The van der Waals surface area contributed by atoms with E-state index >= 15 is 0 Å². The zero-order valence-electron chi connectivity index (χ0n) is 17.0. The average Bonchev–Trinajstić information content (AvgIpc) is 2.67. The highest BCUT2D eigenvalue weighted by atomic mass is 31.2. The van der Waals surface area contributed by atoms with E-state index in [2.05, 4.69) is 0 Å². The van der Waals surface area contributed by atoms with Crippen molar-refractivity contribution >= 4 is 7.60 Å². The van der Waals surface area contributed by atoms with Crippen LogP contribution in [0.3, 0.4) is 0 Å². The van der Waals surface area contributed by atoms with E-state index in [0.717, 1.165) is 12.8 Å². The lowest BCUT2D eigenvalue weighted by molar-refractivity contribution is 0.0504. The first-order chi connectivity index (χ1) is 13.8. The first-order valence-electron chi connectivity index (χ1n) is 9.86. The van der Waals surface area contributed by atoms with Gasteiger partial charge < -0.3 is 35.6 Å². The molecule has 7 N–H and O–H groups in total. The Labute approximate surface area is 172 Å². The fourth-order valence-corrected chi connectivity index (χ4v) is 4.25. The van der Waals surface area contributed by atoms with Crippen LogP contribution in [0.5, 0.6) is 5.75 Å².